The Labute approximate surface area is 110 Å². The molecule has 0 N–H and O–H groups in total. The van der Waals surface area contributed by atoms with Crippen molar-refractivity contribution >= 4 is 11.8 Å². The second-order valence-corrected chi connectivity index (χ2v) is 3.54. The molecule has 4 nitrogen and oxygen atoms in total. The quantitative estimate of drug-likeness (QED) is 0.198. The first-order valence-electron chi connectivity index (χ1n) is 5.89. The monoisotopic (exact) mass is 266 g/mol. The van der Waals surface area contributed by atoms with Gasteiger partial charge < -0.3 is 9.47 Å². The lowest BCUT2D eigenvalue weighted by Gasteiger charge is -2.06. The minimum atomic E-state index is -0.759. The molecule has 1 aromatic carbocycles. The van der Waals surface area contributed by atoms with Gasteiger partial charge in [0, 0.05) is 5.56 Å². The predicted octanol–water partition coefficient (Wildman–Crippen LogP) is 2.49. The largest absolute Gasteiger partial charge is 0.500 e. The molecule has 0 radical (unpaired) electrons. The van der Waals surface area contributed by atoms with E-state index in [1.807, 2.05) is 0 Å². The van der Waals surface area contributed by atoms with Crippen LogP contribution in [-0.2, 0) is 14.3 Å². The molecule has 102 valence electrons. The number of halogens is 1. The van der Waals surface area contributed by atoms with E-state index in [1.54, 1.807) is 13.8 Å². The van der Waals surface area contributed by atoms with Crippen LogP contribution in [0, 0.1) is 5.82 Å². The lowest BCUT2D eigenvalue weighted by molar-refractivity contribution is -0.138. The maximum atomic E-state index is 12.8. The zero-order valence-corrected chi connectivity index (χ0v) is 10.8. The summed E-state index contributed by atoms with van der Waals surface area (Å²) in [6.45, 7) is 3.83. The van der Waals surface area contributed by atoms with Gasteiger partial charge in [0.15, 0.2) is 0 Å². The minimum absolute atomic E-state index is 0.152. The highest BCUT2D eigenvalue weighted by atomic mass is 19.1. The van der Waals surface area contributed by atoms with Crippen molar-refractivity contribution in [2.45, 2.75) is 13.8 Å². The summed E-state index contributed by atoms with van der Waals surface area (Å²) in [4.78, 5) is 23.8. The lowest BCUT2D eigenvalue weighted by atomic mass is 10.0. The highest BCUT2D eigenvalue weighted by molar-refractivity contribution is 6.24. The third kappa shape index (κ3) is 4.21. The van der Waals surface area contributed by atoms with E-state index in [4.69, 9.17) is 9.47 Å². The molecule has 0 aliphatic rings. The Morgan fingerprint density at radius 2 is 1.79 bits per heavy atom. The molecule has 0 aliphatic heterocycles. The molecule has 0 heterocycles. The molecule has 0 unspecified atom stereocenters. The summed E-state index contributed by atoms with van der Waals surface area (Å²) in [5, 5.41) is 0. The van der Waals surface area contributed by atoms with Crippen molar-refractivity contribution in [1.29, 1.82) is 0 Å². The third-order valence-corrected chi connectivity index (χ3v) is 2.21. The topological polar surface area (TPSA) is 52.6 Å². The van der Waals surface area contributed by atoms with Crippen LogP contribution in [0.15, 0.2) is 36.1 Å². The van der Waals surface area contributed by atoms with Crippen LogP contribution < -0.4 is 0 Å². The molecule has 19 heavy (non-hydrogen) atoms. The molecule has 0 amide bonds. The van der Waals surface area contributed by atoms with E-state index in [0.29, 0.717) is 6.61 Å². The first-order valence-corrected chi connectivity index (χ1v) is 5.89. The maximum absolute atomic E-state index is 12.8. The average Bonchev–Trinajstić information content (AvgIpc) is 2.40. The molecule has 0 atom stereocenters. The molecule has 0 saturated carbocycles. The molecule has 0 aliphatic carbocycles. The standard InChI is InChI=1S/C14H15FO4/c1-3-18-9-12(14(17)19-4-2)13(16)10-5-7-11(15)8-6-10/h5-9H,3-4H2,1-2H3/b12-9+. The number of hydrogen-bond donors (Lipinski definition) is 0. The number of esters is 1. The molecule has 5 heteroatoms. The number of benzene rings is 1. The van der Waals surface area contributed by atoms with Gasteiger partial charge in [0.25, 0.3) is 0 Å². The molecule has 0 fully saturated rings. The Morgan fingerprint density at radius 1 is 1.16 bits per heavy atom. The van der Waals surface area contributed by atoms with Gasteiger partial charge in [-0.2, -0.15) is 0 Å². The van der Waals surface area contributed by atoms with E-state index in [-0.39, 0.29) is 17.7 Å². The van der Waals surface area contributed by atoms with Crippen molar-refractivity contribution in [1.82, 2.24) is 0 Å². The van der Waals surface area contributed by atoms with Crippen molar-refractivity contribution in [2.75, 3.05) is 13.2 Å². The molecular weight excluding hydrogens is 251 g/mol. The van der Waals surface area contributed by atoms with Gasteiger partial charge in [0.1, 0.15) is 17.7 Å². The van der Waals surface area contributed by atoms with Crippen LogP contribution in [0.3, 0.4) is 0 Å². The Hall–Kier alpha value is -2.17. The summed E-state index contributed by atoms with van der Waals surface area (Å²) < 4.78 is 22.5. The van der Waals surface area contributed by atoms with Gasteiger partial charge in [-0.05, 0) is 38.1 Å². The number of ether oxygens (including phenoxy) is 2. The van der Waals surface area contributed by atoms with Gasteiger partial charge in [0.2, 0.25) is 5.78 Å². The first-order chi connectivity index (χ1) is 9.10. The smallest absolute Gasteiger partial charge is 0.345 e. The van der Waals surface area contributed by atoms with Crippen molar-refractivity contribution in [3.8, 4) is 0 Å². The summed E-state index contributed by atoms with van der Waals surface area (Å²) >= 11 is 0. The summed E-state index contributed by atoms with van der Waals surface area (Å²) in [7, 11) is 0. The third-order valence-electron chi connectivity index (χ3n) is 2.21. The molecule has 0 aromatic heterocycles. The van der Waals surface area contributed by atoms with Crippen molar-refractivity contribution < 1.29 is 23.5 Å². The van der Waals surface area contributed by atoms with Crippen molar-refractivity contribution in [3.05, 3.63) is 47.5 Å². The van der Waals surface area contributed by atoms with Gasteiger partial charge in [-0.3, -0.25) is 4.79 Å². The second-order valence-electron chi connectivity index (χ2n) is 3.54. The zero-order valence-electron chi connectivity index (χ0n) is 10.8. The summed E-state index contributed by atoms with van der Waals surface area (Å²) in [5.41, 5.74) is -0.0179. The average molecular weight is 266 g/mol. The Morgan fingerprint density at radius 3 is 2.32 bits per heavy atom. The summed E-state index contributed by atoms with van der Waals surface area (Å²) in [6, 6.07) is 4.90. The first kappa shape index (κ1) is 14.9. The van der Waals surface area contributed by atoms with E-state index in [2.05, 4.69) is 0 Å². The Kier molecular flexibility index (Phi) is 5.73. The maximum Gasteiger partial charge on any atom is 0.345 e. The van der Waals surface area contributed by atoms with Crippen molar-refractivity contribution in [3.63, 3.8) is 0 Å². The van der Waals surface area contributed by atoms with E-state index in [0.717, 1.165) is 18.4 Å². The van der Waals surface area contributed by atoms with Gasteiger partial charge in [-0.25, -0.2) is 9.18 Å². The number of hydrogen-bond acceptors (Lipinski definition) is 4. The minimum Gasteiger partial charge on any atom is -0.500 e. The number of carbonyl (C=O) groups excluding carboxylic acids is 2. The van der Waals surface area contributed by atoms with E-state index in [1.165, 1.54) is 12.1 Å². The number of Topliss-reactive ketones (excluding diaryl/α,β-unsaturated/α-hetero) is 1. The van der Waals surface area contributed by atoms with E-state index < -0.39 is 17.6 Å². The van der Waals surface area contributed by atoms with Crippen LogP contribution in [0.2, 0.25) is 0 Å². The van der Waals surface area contributed by atoms with Crippen molar-refractivity contribution in [2.24, 2.45) is 0 Å². The predicted molar refractivity (Wildman–Crippen MR) is 67.1 cm³/mol. The molecule has 0 spiro atoms. The highest BCUT2D eigenvalue weighted by Crippen LogP contribution is 2.11. The fourth-order valence-electron chi connectivity index (χ4n) is 1.33. The summed E-state index contributed by atoms with van der Waals surface area (Å²) in [5.74, 6) is -1.78. The molecule has 0 bridgehead atoms. The lowest BCUT2D eigenvalue weighted by Crippen LogP contribution is -2.16. The van der Waals surface area contributed by atoms with E-state index >= 15 is 0 Å². The summed E-state index contributed by atoms with van der Waals surface area (Å²) in [6.07, 6.45) is 1.07. The zero-order chi connectivity index (χ0) is 14.3. The SMILES string of the molecule is CCO/C=C(/C(=O)OCC)C(=O)c1ccc(F)cc1. The van der Waals surface area contributed by atoms with Crippen LogP contribution in [-0.4, -0.2) is 25.0 Å². The fraction of sp³-hybridized carbons (Fsp3) is 0.286. The van der Waals surface area contributed by atoms with Gasteiger partial charge in [0.05, 0.1) is 13.2 Å². The number of rotatable bonds is 6. The molecule has 0 saturated heterocycles. The van der Waals surface area contributed by atoms with Crippen LogP contribution in [0.25, 0.3) is 0 Å². The number of carbonyl (C=O) groups is 2. The van der Waals surface area contributed by atoms with E-state index in [9.17, 15) is 14.0 Å². The van der Waals surface area contributed by atoms with Gasteiger partial charge in [-0.15, -0.1) is 0 Å². The second kappa shape index (κ2) is 7.31. The van der Waals surface area contributed by atoms with Crippen LogP contribution in [0.1, 0.15) is 24.2 Å². The normalized spacial score (nSPS) is 11.0. The van der Waals surface area contributed by atoms with Gasteiger partial charge >= 0.3 is 5.97 Å². The molecule has 1 aromatic rings. The fourth-order valence-corrected chi connectivity index (χ4v) is 1.33. The van der Waals surface area contributed by atoms with Crippen LogP contribution >= 0.6 is 0 Å². The molecular formula is C14H15FO4. The Bertz CT molecular complexity index is 477. The van der Waals surface area contributed by atoms with Gasteiger partial charge in [-0.1, -0.05) is 0 Å². The number of ketones is 1. The van der Waals surface area contributed by atoms with Crippen LogP contribution in [0.5, 0.6) is 0 Å². The highest BCUT2D eigenvalue weighted by Gasteiger charge is 2.21. The Balaban J connectivity index is 3.00. The van der Waals surface area contributed by atoms with Crippen LogP contribution in [0.4, 0.5) is 4.39 Å². The molecule has 1 rings (SSSR count).